The molecule has 0 saturated heterocycles. The van der Waals surface area contributed by atoms with Gasteiger partial charge in [0.1, 0.15) is 6.26 Å². The van der Waals surface area contributed by atoms with Gasteiger partial charge >= 0.3 is 11.9 Å². The number of hydrogen-bond acceptors (Lipinski definition) is 8. The zero-order valence-electron chi connectivity index (χ0n) is 21.1. The minimum absolute atomic E-state index is 0.0427. The maximum Gasteiger partial charge on any atom is 0.331 e. The van der Waals surface area contributed by atoms with Gasteiger partial charge in [-0.1, -0.05) is 29.8 Å². The van der Waals surface area contributed by atoms with Gasteiger partial charge in [0.25, 0.3) is 12.4 Å². The van der Waals surface area contributed by atoms with Crippen molar-refractivity contribution in [3.05, 3.63) is 77.5 Å². The van der Waals surface area contributed by atoms with E-state index in [1.54, 1.807) is 31.0 Å². The normalized spacial score (nSPS) is 12.3. The van der Waals surface area contributed by atoms with Crippen LogP contribution in [0, 0.1) is 0 Å². The fourth-order valence-electron chi connectivity index (χ4n) is 3.57. The van der Waals surface area contributed by atoms with E-state index in [0.717, 1.165) is 36.3 Å². The number of carboxylic acids is 1. The van der Waals surface area contributed by atoms with Gasteiger partial charge in [-0.2, -0.15) is 0 Å². The molecule has 0 radical (unpaired) electrons. The maximum atomic E-state index is 13.0. The van der Waals surface area contributed by atoms with Gasteiger partial charge in [-0.3, -0.25) is 9.59 Å². The van der Waals surface area contributed by atoms with Crippen molar-refractivity contribution >= 4 is 53.0 Å². The van der Waals surface area contributed by atoms with Crippen molar-refractivity contribution < 1.29 is 33.8 Å². The average Bonchev–Trinajstić information content (AvgIpc) is 2.97. The van der Waals surface area contributed by atoms with Gasteiger partial charge in [0, 0.05) is 31.2 Å². The van der Waals surface area contributed by atoms with E-state index in [4.69, 9.17) is 21.4 Å². The second kappa shape index (κ2) is 15.9. The number of nitrogens with zero attached hydrogens (tertiary/aromatic N) is 2. The van der Waals surface area contributed by atoms with Crippen LogP contribution >= 0.6 is 11.6 Å². The molecule has 10 nitrogen and oxygen atoms in total. The number of rotatable bonds is 11. The quantitative estimate of drug-likeness (QED) is 0.142. The predicted molar refractivity (Wildman–Crippen MR) is 145 cm³/mol. The molecule has 0 aliphatic carbocycles. The van der Waals surface area contributed by atoms with Crippen molar-refractivity contribution in [2.75, 3.05) is 43.1 Å². The summed E-state index contributed by atoms with van der Waals surface area (Å²) in [6.07, 6.45) is 5.53. The van der Waals surface area contributed by atoms with Gasteiger partial charge < -0.3 is 29.7 Å². The summed E-state index contributed by atoms with van der Waals surface area (Å²) < 4.78 is 8.75. The van der Waals surface area contributed by atoms with E-state index in [9.17, 15) is 19.2 Å². The van der Waals surface area contributed by atoms with Crippen molar-refractivity contribution in [1.82, 2.24) is 5.32 Å². The molecule has 0 unspecified atom stereocenters. The fourth-order valence-corrected chi connectivity index (χ4v) is 3.74. The third kappa shape index (κ3) is 9.06. The molecule has 1 heterocycles. The first kappa shape index (κ1) is 30.1. The zero-order chi connectivity index (χ0) is 27.9. The molecule has 0 spiro atoms. The third-order valence-electron chi connectivity index (χ3n) is 5.20. The lowest BCUT2D eigenvalue weighted by atomic mass is 10.1. The van der Waals surface area contributed by atoms with Crippen LogP contribution in [-0.4, -0.2) is 62.7 Å². The number of benzene rings is 2. The van der Waals surface area contributed by atoms with Crippen LogP contribution in [0.1, 0.15) is 23.7 Å². The molecule has 3 rings (SSSR count). The number of carbonyl (C=O) groups excluding carboxylic acids is 3. The summed E-state index contributed by atoms with van der Waals surface area (Å²) in [6.45, 7) is 4.34. The van der Waals surface area contributed by atoms with Gasteiger partial charge in [0.05, 0.1) is 35.3 Å². The van der Waals surface area contributed by atoms with E-state index in [-0.39, 0.29) is 18.3 Å². The minimum atomic E-state index is -1.15. The fraction of sp³-hybridized carbons (Fsp3) is 0.259. The molecule has 0 aromatic heterocycles. The van der Waals surface area contributed by atoms with Gasteiger partial charge in [-0.25, -0.2) is 9.59 Å². The van der Waals surface area contributed by atoms with Crippen LogP contribution in [0.15, 0.2) is 67.0 Å². The molecule has 1 amide bonds. The van der Waals surface area contributed by atoms with Gasteiger partial charge in [-0.05, 0) is 50.2 Å². The smallest absolute Gasteiger partial charge is 0.331 e. The first-order chi connectivity index (χ1) is 18.3. The summed E-state index contributed by atoms with van der Waals surface area (Å²) in [4.78, 5) is 47.0. The minimum Gasteiger partial charge on any atom is -0.478 e. The molecule has 38 heavy (non-hydrogen) atoms. The number of aliphatic carboxylic acids is 1. The van der Waals surface area contributed by atoms with Crippen molar-refractivity contribution in [3.8, 4) is 0 Å². The Balaban J connectivity index is 0.000000550. The summed E-state index contributed by atoms with van der Waals surface area (Å²) in [7, 11) is 1.78. The SMILES string of the molecule is CCOC(=O)/C=C/CNCCCN1c2ccccc2C(=O)N(C)c2ccc(Cl)cc21.O=CO/C=C\C(=O)O. The highest BCUT2D eigenvalue weighted by molar-refractivity contribution is 6.31. The number of para-hydroxylation sites is 1. The lowest BCUT2D eigenvalue weighted by Crippen LogP contribution is -2.25. The van der Waals surface area contributed by atoms with Crippen LogP contribution in [0.4, 0.5) is 17.1 Å². The highest BCUT2D eigenvalue weighted by Crippen LogP contribution is 2.41. The number of nitrogens with one attached hydrogen (secondary N) is 1. The van der Waals surface area contributed by atoms with E-state index < -0.39 is 5.97 Å². The van der Waals surface area contributed by atoms with E-state index in [2.05, 4.69) is 15.0 Å². The molecule has 0 bridgehead atoms. The Hall–Kier alpha value is -4.15. The summed E-state index contributed by atoms with van der Waals surface area (Å²) in [5.41, 5.74) is 3.27. The molecule has 11 heteroatoms. The lowest BCUT2D eigenvalue weighted by Gasteiger charge is -2.27. The van der Waals surface area contributed by atoms with Crippen LogP contribution in [-0.2, 0) is 23.9 Å². The van der Waals surface area contributed by atoms with Gasteiger partial charge in [0.2, 0.25) is 0 Å². The van der Waals surface area contributed by atoms with Crippen LogP contribution in [0.25, 0.3) is 0 Å². The van der Waals surface area contributed by atoms with Crippen LogP contribution < -0.4 is 15.1 Å². The Morgan fingerprint density at radius 3 is 2.58 bits per heavy atom. The summed E-state index contributed by atoms with van der Waals surface area (Å²) in [6, 6.07) is 13.2. The van der Waals surface area contributed by atoms with Crippen LogP contribution in [0.2, 0.25) is 5.02 Å². The Morgan fingerprint density at radius 2 is 1.87 bits per heavy atom. The van der Waals surface area contributed by atoms with E-state index in [1.165, 1.54) is 6.08 Å². The highest BCUT2D eigenvalue weighted by Gasteiger charge is 2.28. The van der Waals surface area contributed by atoms with Crippen molar-refractivity contribution in [3.63, 3.8) is 0 Å². The molecular formula is C27H30ClN3O7. The van der Waals surface area contributed by atoms with Gasteiger partial charge in [-0.15, -0.1) is 0 Å². The van der Waals surface area contributed by atoms with Crippen LogP contribution in [0.5, 0.6) is 0 Å². The molecule has 2 aromatic rings. The zero-order valence-corrected chi connectivity index (χ0v) is 21.9. The molecule has 2 N–H and O–H groups in total. The Kier molecular flexibility index (Phi) is 12.5. The molecule has 202 valence electrons. The first-order valence-electron chi connectivity index (χ1n) is 11.8. The van der Waals surface area contributed by atoms with E-state index in [0.29, 0.717) is 36.4 Å². The van der Waals surface area contributed by atoms with E-state index >= 15 is 0 Å². The number of anilines is 3. The summed E-state index contributed by atoms with van der Waals surface area (Å²) in [5.74, 6) is -1.52. The highest BCUT2D eigenvalue weighted by atomic mass is 35.5. The number of esters is 1. The summed E-state index contributed by atoms with van der Waals surface area (Å²) >= 11 is 6.29. The number of hydrogen-bond donors (Lipinski definition) is 2. The average molecular weight is 544 g/mol. The van der Waals surface area contributed by atoms with Crippen LogP contribution in [0.3, 0.4) is 0 Å². The van der Waals surface area contributed by atoms with E-state index in [1.807, 2.05) is 36.4 Å². The number of amides is 1. The van der Waals surface area contributed by atoms with Gasteiger partial charge in [0.15, 0.2) is 0 Å². The molecule has 0 saturated carbocycles. The second-order valence-electron chi connectivity index (χ2n) is 7.75. The largest absolute Gasteiger partial charge is 0.478 e. The Morgan fingerprint density at radius 1 is 1.11 bits per heavy atom. The molecule has 0 fully saturated rings. The molecule has 2 aromatic carbocycles. The topological polar surface area (TPSA) is 125 Å². The molecule has 1 aliphatic heterocycles. The monoisotopic (exact) mass is 543 g/mol. The number of ether oxygens (including phenoxy) is 2. The lowest BCUT2D eigenvalue weighted by molar-refractivity contribution is -0.137. The van der Waals surface area contributed by atoms with Crippen molar-refractivity contribution in [2.45, 2.75) is 13.3 Å². The Labute approximate surface area is 226 Å². The number of halogens is 1. The third-order valence-corrected chi connectivity index (χ3v) is 5.44. The molecule has 1 aliphatic rings. The molecule has 0 atom stereocenters. The number of carboxylic acid groups (broad SMARTS) is 1. The number of carbonyl (C=O) groups is 4. The predicted octanol–water partition coefficient (Wildman–Crippen LogP) is 3.92. The van der Waals surface area contributed by atoms with Crippen molar-refractivity contribution in [1.29, 1.82) is 0 Å². The first-order valence-corrected chi connectivity index (χ1v) is 12.1. The Bertz CT molecular complexity index is 1180. The van der Waals surface area contributed by atoms with Crippen molar-refractivity contribution in [2.24, 2.45) is 0 Å². The standard InChI is InChI=1S/C23H26ClN3O3.C4H4O4/c1-3-30-22(28)10-6-13-25-14-7-15-27-19-9-5-4-8-18(19)23(29)26(2)20-12-11-17(24)16-21(20)27;5-3-8-2-1-4(6)7/h4-6,8-12,16,25H,3,7,13-15H2,1-2H3;1-3H,(H,6,7)/b10-6+;2-1-. The number of fused-ring (bicyclic) bond motifs is 2. The summed E-state index contributed by atoms with van der Waals surface area (Å²) in [5, 5.41) is 11.8. The molecular weight excluding hydrogens is 514 g/mol. The maximum absolute atomic E-state index is 13.0. The second-order valence-corrected chi connectivity index (χ2v) is 8.19.